The van der Waals surface area contributed by atoms with E-state index >= 15 is 0 Å². The number of pyridine rings is 1. The molecule has 4 aromatic rings. The molecule has 0 aliphatic rings. The summed E-state index contributed by atoms with van der Waals surface area (Å²) in [5, 5.41) is -0.194. The minimum Gasteiger partial charge on any atom is -0.493 e. The predicted octanol–water partition coefficient (Wildman–Crippen LogP) is 4.10. The maximum Gasteiger partial charge on any atom is 0.317 e. The lowest BCUT2D eigenvalue weighted by Gasteiger charge is -2.17. The van der Waals surface area contributed by atoms with Crippen LogP contribution in [0, 0.1) is 25.7 Å². The molecular formula is C26H23BrN6O6S. The summed E-state index contributed by atoms with van der Waals surface area (Å²) in [5.74, 6) is 6.20. The Hall–Kier alpha value is -4.48. The van der Waals surface area contributed by atoms with Crippen molar-refractivity contribution in [2.75, 3.05) is 25.0 Å². The fourth-order valence-corrected chi connectivity index (χ4v) is 4.22. The first-order chi connectivity index (χ1) is 19.2. The first-order valence-electron chi connectivity index (χ1n) is 11.6. The topological polar surface area (TPSA) is 148 Å². The van der Waals surface area contributed by atoms with Gasteiger partial charge in [0.05, 0.1) is 11.6 Å². The summed E-state index contributed by atoms with van der Waals surface area (Å²) < 4.78 is 52.0. The van der Waals surface area contributed by atoms with Gasteiger partial charge in [-0.2, -0.15) is 13.4 Å². The fraction of sp³-hybridized carbons (Fsp3) is 0.192. The van der Waals surface area contributed by atoms with E-state index in [1.165, 1.54) is 19.4 Å². The van der Waals surface area contributed by atoms with Crippen LogP contribution in [0.3, 0.4) is 0 Å². The number of aryl methyl sites for hydroxylation is 2. The second-order valence-electron chi connectivity index (χ2n) is 7.90. The van der Waals surface area contributed by atoms with E-state index in [-0.39, 0.29) is 53.3 Å². The van der Waals surface area contributed by atoms with E-state index < -0.39 is 10.0 Å². The zero-order chi connectivity index (χ0) is 28.5. The fourth-order valence-electron chi connectivity index (χ4n) is 3.08. The molecule has 0 atom stereocenters. The molecule has 0 amide bonds. The molecular weight excluding hydrogens is 604 g/mol. The van der Waals surface area contributed by atoms with Gasteiger partial charge in [-0.3, -0.25) is 4.72 Å². The average molecular weight is 627 g/mol. The molecule has 0 fully saturated rings. The smallest absolute Gasteiger partial charge is 0.317 e. The minimum absolute atomic E-state index is 0.0208. The molecule has 40 heavy (non-hydrogen) atoms. The quantitative estimate of drug-likeness (QED) is 0.254. The van der Waals surface area contributed by atoms with Crippen LogP contribution >= 0.6 is 15.9 Å². The van der Waals surface area contributed by atoms with E-state index in [0.717, 1.165) is 10.0 Å². The molecule has 0 unspecified atom stereocenters. The van der Waals surface area contributed by atoms with Gasteiger partial charge in [0.2, 0.25) is 5.75 Å². The Labute approximate surface area is 239 Å². The molecule has 1 aromatic carbocycles. The standard InChI is InChI=1S/C26H23BrN6O6S/c1-17-10-11-22(28-14-17)40(34,35)33-24-23(39-21-9-5-4-8-20(21)36-3)25(32-18(2)31-24)37-12-6-7-13-38-26-29-15-19(27)16-30-26/h4-5,8-11,14-16H,12-13H2,1-3H3,(H,31,32,33). The van der Waals surface area contributed by atoms with E-state index in [9.17, 15) is 8.42 Å². The molecule has 0 aliphatic carbocycles. The predicted molar refractivity (Wildman–Crippen MR) is 148 cm³/mol. The number of halogens is 1. The number of methoxy groups -OCH3 is 1. The summed E-state index contributed by atoms with van der Waals surface area (Å²) in [6.45, 7) is 3.29. The number of benzene rings is 1. The van der Waals surface area contributed by atoms with E-state index in [4.69, 9.17) is 18.9 Å². The monoisotopic (exact) mass is 626 g/mol. The van der Waals surface area contributed by atoms with Crippen LogP contribution in [0.5, 0.6) is 29.1 Å². The van der Waals surface area contributed by atoms with Gasteiger partial charge in [0.15, 0.2) is 35.6 Å². The van der Waals surface area contributed by atoms with Gasteiger partial charge in [-0.25, -0.2) is 19.9 Å². The molecule has 0 aliphatic heterocycles. The molecule has 4 rings (SSSR count). The molecule has 0 spiro atoms. The molecule has 0 saturated carbocycles. The van der Waals surface area contributed by atoms with Crippen LogP contribution in [0.25, 0.3) is 0 Å². The van der Waals surface area contributed by atoms with Gasteiger partial charge in [-0.1, -0.05) is 30.0 Å². The largest absolute Gasteiger partial charge is 0.493 e. The van der Waals surface area contributed by atoms with Crippen LogP contribution in [0.2, 0.25) is 0 Å². The number of nitrogens with one attached hydrogen (secondary N) is 1. The first-order valence-corrected chi connectivity index (χ1v) is 13.9. The molecule has 12 nitrogen and oxygen atoms in total. The number of para-hydroxylation sites is 2. The Morgan fingerprint density at radius 3 is 2.27 bits per heavy atom. The van der Waals surface area contributed by atoms with Gasteiger partial charge in [-0.05, 0) is 53.5 Å². The number of hydrogen-bond acceptors (Lipinski definition) is 11. The second kappa shape index (κ2) is 13.0. The third kappa shape index (κ3) is 7.55. The lowest BCUT2D eigenvalue weighted by Crippen LogP contribution is -2.17. The van der Waals surface area contributed by atoms with Gasteiger partial charge >= 0.3 is 6.01 Å². The van der Waals surface area contributed by atoms with Crippen molar-refractivity contribution in [2.24, 2.45) is 0 Å². The molecule has 0 bridgehead atoms. The number of rotatable bonds is 10. The highest BCUT2D eigenvalue weighted by molar-refractivity contribution is 9.10. The molecule has 3 heterocycles. The summed E-state index contributed by atoms with van der Waals surface area (Å²) in [6, 6.07) is 10.0. The third-order valence-electron chi connectivity index (χ3n) is 4.89. The van der Waals surface area contributed by atoms with Crippen LogP contribution in [0.1, 0.15) is 11.4 Å². The van der Waals surface area contributed by atoms with Gasteiger partial charge in [-0.15, -0.1) is 0 Å². The summed E-state index contributed by atoms with van der Waals surface area (Å²) in [4.78, 5) is 20.6. The molecule has 206 valence electrons. The van der Waals surface area contributed by atoms with Gasteiger partial charge in [0, 0.05) is 18.6 Å². The Morgan fingerprint density at radius 1 is 0.900 bits per heavy atom. The van der Waals surface area contributed by atoms with Crippen LogP contribution in [0.15, 0.2) is 64.5 Å². The zero-order valence-electron chi connectivity index (χ0n) is 21.6. The maximum absolute atomic E-state index is 13.1. The first kappa shape index (κ1) is 28.5. The Bertz CT molecular complexity index is 1640. The lowest BCUT2D eigenvalue weighted by molar-refractivity contribution is 0.321. The van der Waals surface area contributed by atoms with Crippen molar-refractivity contribution in [2.45, 2.75) is 18.9 Å². The molecule has 0 saturated heterocycles. The lowest BCUT2D eigenvalue weighted by atomic mass is 10.3. The summed E-state index contributed by atoms with van der Waals surface area (Å²) in [6.07, 6.45) is 4.56. The van der Waals surface area contributed by atoms with Crippen molar-refractivity contribution in [3.05, 3.63) is 70.8 Å². The van der Waals surface area contributed by atoms with Crippen molar-refractivity contribution in [3.63, 3.8) is 0 Å². The van der Waals surface area contributed by atoms with Crippen LogP contribution in [-0.2, 0) is 10.0 Å². The summed E-state index contributed by atoms with van der Waals surface area (Å²) in [5.41, 5.74) is 0.809. The SMILES string of the molecule is COc1ccccc1Oc1c(NS(=O)(=O)c2ccc(C)cn2)nc(C)nc1OCC#CCOc1ncc(Br)cn1. The van der Waals surface area contributed by atoms with Crippen LogP contribution in [0.4, 0.5) is 5.82 Å². The van der Waals surface area contributed by atoms with E-state index in [1.807, 2.05) is 0 Å². The minimum atomic E-state index is -4.13. The maximum atomic E-state index is 13.1. The van der Waals surface area contributed by atoms with Crippen molar-refractivity contribution in [1.29, 1.82) is 0 Å². The van der Waals surface area contributed by atoms with Gasteiger partial charge < -0.3 is 18.9 Å². The molecule has 14 heteroatoms. The number of nitrogens with zero attached hydrogens (tertiary/aromatic N) is 5. The highest BCUT2D eigenvalue weighted by atomic mass is 79.9. The highest BCUT2D eigenvalue weighted by Crippen LogP contribution is 2.40. The molecule has 3 aromatic heterocycles. The van der Waals surface area contributed by atoms with Gasteiger partial charge in [0.25, 0.3) is 15.9 Å². The Kier molecular flexibility index (Phi) is 9.31. The van der Waals surface area contributed by atoms with Crippen molar-refractivity contribution >= 4 is 31.8 Å². The van der Waals surface area contributed by atoms with Crippen LogP contribution < -0.4 is 23.7 Å². The van der Waals surface area contributed by atoms with E-state index in [2.05, 4.69) is 57.4 Å². The second-order valence-corrected chi connectivity index (χ2v) is 10.4. The zero-order valence-corrected chi connectivity index (χ0v) is 24.0. The number of sulfonamides is 1. The average Bonchev–Trinajstić information content (AvgIpc) is 2.93. The van der Waals surface area contributed by atoms with Crippen molar-refractivity contribution in [3.8, 4) is 41.0 Å². The number of aromatic nitrogens is 5. The van der Waals surface area contributed by atoms with Crippen molar-refractivity contribution < 1.29 is 27.4 Å². The number of anilines is 1. The third-order valence-corrected chi connectivity index (χ3v) is 6.56. The Morgan fingerprint density at radius 2 is 1.60 bits per heavy atom. The Balaban J connectivity index is 1.60. The van der Waals surface area contributed by atoms with Crippen molar-refractivity contribution in [1.82, 2.24) is 24.9 Å². The normalized spacial score (nSPS) is 10.7. The van der Waals surface area contributed by atoms with E-state index in [0.29, 0.717) is 5.75 Å². The highest BCUT2D eigenvalue weighted by Gasteiger charge is 2.24. The summed E-state index contributed by atoms with van der Waals surface area (Å²) >= 11 is 3.25. The number of hydrogen-bond donors (Lipinski definition) is 1. The molecule has 0 radical (unpaired) electrons. The number of ether oxygens (including phenoxy) is 4. The van der Waals surface area contributed by atoms with Crippen LogP contribution in [-0.4, -0.2) is 53.7 Å². The summed E-state index contributed by atoms with van der Waals surface area (Å²) in [7, 11) is -2.65. The van der Waals surface area contributed by atoms with Gasteiger partial charge in [0.1, 0.15) is 5.82 Å². The molecule has 1 N–H and O–H groups in total. The van der Waals surface area contributed by atoms with E-state index in [1.54, 1.807) is 56.6 Å².